The van der Waals surface area contributed by atoms with Crippen molar-refractivity contribution in [1.82, 2.24) is 0 Å². The van der Waals surface area contributed by atoms with Gasteiger partial charge in [-0.3, -0.25) is 5.41 Å². The molecule has 1 aromatic heterocycles. The van der Waals surface area contributed by atoms with Crippen LogP contribution in [-0.4, -0.2) is 11.7 Å². The fraction of sp³-hybridized carbons (Fsp3) is 0. The van der Waals surface area contributed by atoms with Gasteiger partial charge < -0.3 is 10.2 Å². The van der Waals surface area contributed by atoms with Gasteiger partial charge in [-0.25, -0.2) is 4.99 Å². The average Bonchev–Trinajstić information content (AvgIpc) is 3.31. The lowest BCUT2D eigenvalue weighted by atomic mass is 9.98. The van der Waals surface area contributed by atoms with Crippen LogP contribution < -0.4 is 5.73 Å². The number of hydrogen-bond acceptors (Lipinski definition) is 2. The number of nitrogens with two attached hydrogens (primary N) is 1. The summed E-state index contributed by atoms with van der Waals surface area (Å²) >= 11 is 0. The lowest BCUT2D eigenvalue weighted by molar-refractivity contribution is 0.669. The first-order valence-electron chi connectivity index (χ1n) is 11.8. The van der Waals surface area contributed by atoms with Crippen molar-refractivity contribution in [2.75, 3.05) is 0 Å². The molecule has 36 heavy (non-hydrogen) atoms. The molecule has 4 nitrogen and oxygen atoms in total. The van der Waals surface area contributed by atoms with Crippen LogP contribution in [0.4, 0.5) is 0 Å². The monoisotopic (exact) mass is 465 g/mol. The maximum absolute atomic E-state index is 8.61. The summed E-state index contributed by atoms with van der Waals surface area (Å²) in [5.41, 5.74) is 13.7. The number of fused-ring (bicyclic) bond motifs is 3. The van der Waals surface area contributed by atoms with Crippen LogP contribution in [0.15, 0.2) is 131 Å². The molecule has 172 valence electrons. The predicted octanol–water partition coefficient (Wildman–Crippen LogP) is 7.65. The Morgan fingerprint density at radius 3 is 2.03 bits per heavy atom. The normalized spacial score (nSPS) is 11.7. The van der Waals surface area contributed by atoms with E-state index in [1.165, 1.54) is 5.56 Å². The number of aliphatic imine (C=N–C) groups is 1. The lowest BCUT2D eigenvalue weighted by Gasteiger charge is -2.08. The van der Waals surface area contributed by atoms with Crippen molar-refractivity contribution in [3.63, 3.8) is 0 Å². The van der Waals surface area contributed by atoms with Crippen LogP contribution >= 0.6 is 0 Å². The Kier molecular flexibility index (Phi) is 5.39. The summed E-state index contributed by atoms with van der Waals surface area (Å²) < 4.78 is 5.97. The zero-order valence-electron chi connectivity index (χ0n) is 19.5. The van der Waals surface area contributed by atoms with Crippen LogP contribution in [0.5, 0.6) is 0 Å². The number of hydrogen-bond donors (Lipinski definition) is 2. The lowest BCUT2D eigenvalue weighted by Crippen LogP contribution is -2.15. The van der Waals surface area contributed by atoms with Gasteiger partial charge in [-0.05, 0) is 52.6 Å². The molecule has 3 N–H and O–H groups in total. The second kappa shape index (κ2) is 9.01. The number of furan rings is 1. The maximum atomic E-state index is 8.61. The quantitative estimate of drug-likeness (QED) is 0.207. The Morgan fingerprint density at radius 1 is 0.556 bits per heavy atom. The van der Waals surface area contributed by atoms with E-state index in [1.54, 1.807) is 0 Å². The van der Waals surface area contributed by atoms with E-state index < -0.39 is 0 Å². The Bertz CT molecular complexity index is 1760. The third-order valence-corrected chi connectivity index (χ3v) is 6.35. The minimum Gasteiger partial charge on any atom is -0.456 e. The molecule has 0 spiro atoms. The van der Waals surface area contributed by atoms with Gasteiger partial charge >= 0.3 is 0 Å². The summed E-state index contributed by atoms with van der Waals surface area (Å²) in [6.45, 7) is 0. The van der Waals surface area contributed by atoms with Gasteiger partial charge in [0.15, 0.2) is 5.84 Å². The maximum Gasteiger partial charge on any atom is 0.154 e. The highest BCUT2D eigenvalue weighted by Crippen LogP contribution is 2.29. The molecule has 6 rings (SSSR count). The Balaban J connectivity index is 1.29. The predicted molar refractivity (Wildman–Crippen MR) is 149 cm³/mol. The van der Waals surface area contributed by atoms with Crippen LogP contribution in [-0.2, 0) is 0 Å². The van der Waals surface area contributed by atoms with Crippen molar-refractivity contribution in [2.45, 2.75) is 0 Å². The highest BCUT2D eigenvalue weighted by atomic mass is 16.3. The van der Waals surface area contributed by atoms with Gasteiger partial charge in [0.05, 0.1) is 0 Å². The molecule has 0 aliphatic heterocycles. The number of para-hydroxylation sites is 1. The molecule has 0 atom stereocenters. The van der Waals surface area contributed by atoms with Crippen LogP contribution in [0.1, 0.15) is 11.1 Å². The fourth-order valence-electron chi connectivity index (χ4n) is 4.49. The van der Waals surface area contributed by atoms with E-state index in [0.717, 1.165) is 44.2 Å². The van der Waals surface area contributed by atoms with Crippen molar-refractivity contribution >= 4 is 33.6 Å². The SMILES string of the molecule is N=C(N=C(N)c1ccc2c(c1)oc1ccccc12)c1cccc(-c2cccc(-c3ccccc3)c2)c1. The summed E-state index contributed by atoms with van der Waals surface area (Å²) in [5.74, 6) is 0.386. The molecule has 0 amide bonds. The third kappa shape index (κ3) is 4.05. The average molecular weight is 466 g/mol. The second-order valence-corrected chi connectivity index (χ2v) is 8.68. The van der Waals surface area contributed by atoms with Crippen molar-refractivity contribution < 1.29 is 4.42 Å². The molecule has 0 bridgehead atoms. The van der Waals surface area contributed by atoms with E-state index in [1.807, 2.05) is 84.9 Å². The number of nitrogens with zero attached hydrogens (tertiary/aromatic N) is 1. The zero-order valence-corrected chi connectivity index (χ0v) is 19.5. The standard InChI is InChI=1S/C32H23N3O/c33-31(35-32(34)26-16-17-28-27-14-4-5-15-29(27)36-30(28)20-26)25-13-7-12-24(19-25)23-11-6-10-22(18-23)21-8-2-1-3-9-21/h1-20H,(H3,33,34,35). The van der Waals surface area contributed by atoms with Gasteiger partial charge in [0.2, 0.25) is 0 Å². The summed E-state index contributed by atoms with van der Waals surface area (Å²) in [6.07, 6.45) is 0. The van der Waals surface area contributed by atoms with Crippen molar-refractivity contribution in [1.29, 1.82) is 5.41 Å². The van der Waals surface area contributed by atoms with Gasteiger partial charge in [0.25, 0.3) is 0 Å². The minimum absolute atomic E-state index is 0.110. The number of amidine groups is 2. The van der Waals surface area contributed by atoms with Crippen molar-refractivity contribution in [3.05, 3.63) is 132 Å². The van der Waals surface area contributed by atoms with Gasteiger partial charge in [-0.2, -0.15) is 0 Å². The number of benzene rings is 5. The minimum atomic E-state index is 0.110. The molecule has 5 aromatic carbocycles. The molecular weight excluding hydrogens is 442 g/mol. The number of nitrogens with one attached hydrogen (secondary N) is 1. The molecule has 0 unspecified atom stereocenters. The van der Waals surface area contributed by atoms with Crippen LogP contribution in [0.2, 0.25) is 0 Å². The Labute approximate surface area is 208 Å². The van der Waals surface area contributed by atoms with E-state index in [9.17, 15) is 0 Å². The van der Waals surface area contributed by atoms with Gasteiger partial charge in [0, 0.05) is 21.9 Å². The zero-order chi connectivity index (χ0) is 24.5. The molecule has 4 heteroatoms. The molecule has 0 aliphatic rings. The fourth-order valence-corrected chi connectivity index (χ4v) is 4.49. The Hall–Kier alpha value is -4.96. The largest absolute Gasteiger partial charge is 0.456 e. The third-order valence-electron chi connectivity index (χ3n) is 6.35. The highest BCUT2D eigenvalue weighted by Gasteiger charge is 2.10. The van der Waals surface area contributed by atoms with E-state index in [-0.39, 0.29) is 11.7 Å². The first-order valence-corrected chi connectivity index (χ1v) is 11.8. The second-order valence-electron chi connectivity index (χ2n) is 8.68. The van der Waals surface area contributed by atoms with Gasteiger partial charge in [-0.1, -0.05) is 91.0 Å². The van der Waals surface area contributed by atoms with Crippen LogP contribution in [0.25, 0.3) is 44.2 Å². The van der Waals surface area contributed by atoms with Crippen molar-refractivity contribution in [2.24, 2.45) is 10.7 Å². The number of rotatable bonds is 4. The molecule has 0 aliphatic carbocycles. The molecular formula is C32H23N3O. The van der Waals surface area contributed by atoms with Gasteiger partial charge in [-0.15, -0.1) is 0 Å². The molecule has 0 fully saturated rings. The highest BCUT2D eigenvalue weighted by molar-refractivity contribution is 6.12. The topological polar surface area (TPSA) is 75.4 Å². The summed E-state index contributed by atoms with van der Waals surface area (Å²) in [6, 6.07) is 40.3. The van der Waals surface area contributed by atoms with E-state index in [4.69, 9.17) is 15.6 Å². The summed E-state index contributed by atoms with van der Waals surface area (Å²) in [7, 11) is 0. The molecule has 0 saturated heterocycles. The first-order chi connectivity index (χ1) is 17.7. The Morgan fingerprint density at radius 2 is 1.19 bits per heavy atom. The van der Waals surface area contributed by atoms with E-state index >= 15 is 0 Å². The van der Waals surface area contributed by atoms with E-state index in [0.29, 0.717) is 5.56 Å². The molecule has 6 aromatic rings. The summed E-state index contributed by atoms with van der Waals surface area (Å²) in [5, 5.41) is 10.7. The van der Waals surface area contributed by atoms with Gasteiger partial charge in [0.1, 0.15) is 17.0 Å². The van der Waals surface area contributed by atoms with E-state index in [2.05, 4.69) is 41.4 Å². The molecule has 0 radical (unpaired) electrons. The van der Waals surface area contributed by atoms with Crippen LogP contribution in [0, 0.1) is 5.41 Å². The molecule has 1 heterocycles. The van der Waals surface area contributed by atoms with Crippen LogP contribution in [0.3, 0.4) is 0 Å². The smallest absolute Gasteiger partial charge is 0.154 e. The van der Waals surface area contributed by atoms with Crippen molar-refractivity contribution in [3.8, 4) is 22.3 Å². The molecule has 0 saturated carbocycles. The summed E-state index contributed by atoms with van der Waals surface area (Å²) in [4.78, 5) is 4.41. The first kappa shape index (κ1) is 21.6.